The van der Waals surface area contributed by atoms with E-state index in [0.29, 0.717) is 12.4 Å². The molecule has 0 aromatic heterocycles. The van der Waals surface area contributed by atoms with E-state index in [0.717, 1.165) is 31.5 Å². The number of hydrogen-bond acceptors (Lipinski definition) is 4. The molecule has 5 heteroatoms. The standard InChI is InChI=1S/C16H26N2O3/c1-3-5-6-7-8-10-21-16-12-14(17-9-4-2)11-15(13-16)18(19)20/h11-13,17H,3-10H2,1-2H3. The molecule has 0 spiro atoms. The van der Waals surface area contributed by atoms with E-state index in [1.807, 2.05) is 6.07 Å². The van der Waals surface area contributed by atoms with Crippen molar-refractivity contribution in [2.24, 2.45) is 0 Å². The number of nitro benzene ring substituents is 1. The molecule has 0 unspecified atom stereocenters. The summed E-state index contributed by atoms with van der Waals surface area (Å²) < 4.78 is 5.65. The van der Waals surface area contributed by atoms with Crippen LogP contribution in [-0.4, -0.2) is 18.1 Å². The fourth-order valence-electron chi connectivity index (χ4n) is 2.04. The van der Waals surface area contributed by atoms with Gasteiger partial charge in [0.05, 0.1) is 17.6 Å². The zero-order valence-corrected chi connectivity index (χ0v) is 13.1. The van der Waals surface area contributed by atoms with Gasteiger partial charge in [-0.1, -0.05) is 39.5 Å². The van der Waals surface area contributed by atoms with Crippen LogP contribution < -0.4 is 10.1 Å². The molecule has 0 fully saturated rings. The number of non-ortho nitro benzene ring substituents is 1. The highest BCUT2D eigenvalue weighted by Crippen LogP contribution is 2.26. The molecule has 0 saturated carbocycles. The number of hydrogen-bond donors (Lipinski definition) is 1. The lowest BCUT2D eigenvalue weighted by Gasteiger charge is -2.09. The van der Waals surface area contributed by atoms with Crippen LogP contribution in [-0.2, 0) is 0 Å². The fourth-order valence-corrected chi connectivity index (χ4v) is 2.04. The maximum absolute atomic E-state index is 10.9. The van der Waals surface area contributed by atoms with Gasteiger partial charge in [0.15, 0.2) is 0 Å². The van der Waals surface area contributed by atoms with Crippen molar-refractivity contribution in [2.75, 3.05) is 18.5 Å². The van der Waals surface area contributed by atoms with Gasteiger partial charge in [-0.25, -0.2) is 0 Å². The van der Waals surface area contributed by atoms with E-state index in [-0.39, 0.29) is 10.6 Å². The molecule has 118 valence electrons. The summed E-state index contributed by atoms with van der Waals surface area (Å²) in [5, 5.41) is 14.1. The smallest absolute Gasteiger partial charge is 0.275 e. The first-order valence-corrected chi connectivity index (χ1v) is 7.83. The van der Waals surface area contributed by atoms with Crippen molar-refractivity contribution in [3.05, 3.63) is 28.3 Å². The number of nitro groups is 1. The van der Waals surface area contributed by atoms with Crippen LogP contribution in [0, 0.1) is 10.1 Å². The van der Waals surface area contributed by atoms with Gasteiger partial charge in [0.2, 0.25) is 0 Å². The topological polar surface area (TPSA) is 64.4 Å². The Labute approximate surface area is 126 Å². The molecule has 21 heavy (non-hydrogen) atoms. The first-order valence-electron chi connectivity index (χ1n) is 7.83. The van der Waals surface area contributed by atoms with Gasteiger partial charge in [-0.15, -0.1) is 0 Å². The highest BCUT2D eigenvalue weighted by atomic mass is 16.6. The van der Waals surface area contributed by atoms with Crippen molar-refractivity contribution in [1.82, 2.24) is 0 Å². The lowest BCUT2D eigenvalue weighted by Crippen LogP contribution is -2.03. The Morgan fingerprint density at radius 3 is 2.52 bits per heavy atom. The van der Waals surface area contributed by atoms with E-state index in [1.165, 1.54) is 25.3 Å². The minimum Gasteiger partial charge on any atom is -0.493 e. The van der Waals surface area contributed by atoms with Gasteiger partial charge in [-0.05, 0) is 12.8 Å². The quantitative estimate of drug-likeness (QED) is 0.363. The first kappa shape index (κ1) is 17.3. The average molecular weight is 294 g/mol. The van der Waals surface area contributed by atoms with Gasteiger partial charge in [0.1, 0.15) is 5.75 Å². The summed E-state index contributed by atoms with van der Waals surface area (Å²) in [5.41, 5.74) is 0.809. The number of nitrogens with one attached hydrogen (secondary N) is 1. The summed E-state index contributed by atoms with van der Waals surface area (Å²) in [6.07, 6.45) is 6.79. The van der Waals surface area contributed by atoms with Crippen LogP contribution in [0.25, 0.3) is 0 Å². The number of nitrogens with zero attached hydrogens (tertiary/aromatic N) is 1. The molecule has 0 atom stereocenters. The third-order valence-corrected chi connectivity index (χ3v) is 3.20. The van der Waals surface area contributed by atoms with Crippen molar-refractivity contribution in [1.29, 1.82) is 0 Å². The van der Waals surface area contributed by atoms with E-state index in [9.17, 15) is 10.1 Å². The second-order valence-corrected chi connectivity index (χ2v) is 5.16. The first-order chi connectivity index (χ1) is 10.2. The number of unbranched alkanes of at least 4 members (excludes halogenated alkanes) is 4. The molecule has 5 nitrogen and oxygen atoms in total. The Morgan fingerprint density at radius 2 is 1.86 bits per heavy atom. The zero-order chi connectivity index (χ0) is 15.5. The Kier molecular flexibility index (Phi) is 8.24. The molecule has 0 saturated heterocycles. The van der Waals surface area contributed by atoms with E-state index in [4.69, 9.17) is 4.74 Å². The molecule has 1 rings (SSSR count). The van der Waals surface area contributed by atoms with Crippen molar-refractivity contribution < 1.29 is 9.66 Å². The normalized spacial score (nSPS) is 10.4. The molecule has 1 aromatic rings. The number of rotatable bonds is 11. The average Bonchev–Trinajstić information content (AvgIpc) is 2.48. The molecule has 1 aromatic carbocycles. The molecular formula is C16H26N2O3. The molecule has 0 aliphatic carbocycles. The van der Waals surface area contributed by atoms with Crippen molar-refractivity contribution >= 4 is 11.4 Å². The molecular weight excluding hydrogens is 268 g/mol. The Balaban J connectivity index is 2.54. The Bertz CT molecular complexity index is 436. The predicted molar refractivity (Wildman–Crippen MR) is 86.1 cm³/mol. The van der Waals surface area contributed by atoms with Crippen LogP contribution in [0.3, 0.4) is 0 Å². The molecule has 0 aliphatic heterocycles. The second kappa shape index (κ2) is 10.0. The third-order valence-electron chi connectivity index (χ3n) is 3.20. The van der Waals surface area contributed by atoms with Crippen LogP contribution >= 0.6 is 0 Å². The van der Waals surface area contributed by atoms with Crippen LogP contribution in [0.4, 0.5) is 11.4 Å². The summed E-state index contributed by atoms with van der Waals surface area (Å²) >= 11 is 0. The molecule has 0 heterocycles. The van der Waals surface area contributed by atoms with Crippen molar-refractivity contribution in [3.8, 4) is 5.75 Å². The van der Waals surface area contributed by atoms with E-state index >= 15 is 0 Å². The predicted octanol–water partition coefficient (Wildman–Crippen LogP) is 4.77. The van der Waals surface area contributed by atoms with Crippen LogP contribution in [0.5, 0.6) is 5.75 Å². The summed E-state index contributed by atoms with van der Waals surface area (Å²) in [5.74, 6) is 0.568. The van der Waals surface area contributed by atoms with E-state index in [2.05, 4.69) is 19.2 Å². The van der Waals surface area contributed by atoms with Gasteiger partial charge >= 0.3 is 0 Å². The van der Waals surface area contributed by atoms with Crippen LogP contribution in [0.2, 0.25) is 0 Å². The number of benzene rings is 1. The Morgan fingerprint density at radius 1 is 1.10 bits per heavy atom. The lowest BCUT2D eigenvalue weighted by atomic mass is 10.2. The highest BCUT2D eigenvalue weighted by molar-refractivity contribution is 5.56. The second-order valence-electron chi connectivity index (χ2n) is 5.16. The maximum atomic E-state index is 10.9. The summed E-state index contributed by atoms with van der Waals surface area (Å²) in [7, 11) is 0. The lowest BCUT2D eigenvalue weighted by molar-refractivity contribution is -0.384. The number of ether oxygens (including phenoxy) is 1. The largest absolute Gasteiger partial charge is 0.493 e. The monoisotopic (exact) mass is 294 g/mol. The van der Waals surface area contributed by atoms with E-state index < -0.39 is 0 Å². The minimum atomic E-state index is -0.384. The Hall–Kier alpha value is -1.78. The van der Waals surface area contributed by atoms with Crippen LogP contribution in [0.15, 0.2) is 18.2 Å². The SMILES string of the molecule is CCCCCCCOc1cc(NCCC)cc([N+](=O)[O-])c1. The van der Waals surface area contributed by atoms with Crippen molar-refractivity contribution in [3.63, 3.8) is 0 Å². The van der Waals surface area contributed by atoms with Gasteiger partial charge in [-0.2, -0.15) is 0 Å². The van der Waals surface area contributed by atoms with Gasteiger partial charge in [-0.3, -0.25) is 10.1 Å². The minimum absolute atomic E-state index is 0.0667. The molecule has 0 amide bonds. The molecule has 1 N–H and O–H groups in total. The molecule has 0 bridgehead atoms. The highest BCUT2D eigenvalue weighted by Gasteiger charge is 2.10. The van der Waals surface area contributed by atoms with Gasteiger partial charge < -0.3 is 10.1 Å². The van der Waals surface area contributed by atoms with E-state index in [1.54, 1.807) is 6.07 Å². The maximum Gasteiger partial charge on any atom is 0.275 e. The molecule has 0 aliphatic rings. The zero-order valence-electron chi connectivity index (χ0n) is 13.1. The van der Waals surface area contributed by atoms with Crippen LogP contribution in [0.1, 0.15) is 52.4 Å². The summed E-state index contributed by atoms with van der Waals surface area (Å²) in [6, 6.07) is 4.86. The fraction of sp³-hybridized carbons (Fsp3) is 0.625. The summed E-state index contributed by atoms with van der Waals surface area (Å²) in [4.78, 5) is 10.6. The van der Waals surface area contributed by atoms with Gasteiger partial charge in [0.25, 0.3) is 5.69 Å². The third kappa shape index (κ3) is 6.97. The number of anilines is 1. The molecule has 0 radical (unpaired) electrons. The summed E-state index contributed by atoms with van der Waals surface area (Å²) in [6.45, 7) is 5.64. The van der Waals surface area contributed by atoms with Crippen molar-refractivity contribution in [2.45, 2.75) is 52.4 Å². The van der Waals surface area contributed by atoms with Gasteiger partial charge in [0, 0.05) is 24.4 Å².